The van der Waals surface area contributed by atoms with Crippen molar-refractivity contribution in [1.29, 1.82) is 0 Å². The van der Waals surface area contributed by atoms with E-state index in [1.165, 1.54) is 12.1 Å². The summed E-state index contributed by atoms with van der Waals surface area (Å²) in [6.45, 7) is 2.16. The quantitative estimate of drug-likeness (QED) is 0.810. The fourth-order valence-corrected chi connectivity index (χ4v) is 2.66. The highest BCUT2D eigenvalue weighted by Crippen LogP contribution is 2.32. The van der Waals surface area contributed by atoms with Crippen LogP contribution in [-0.2, 0) is 9.59 Å². The highest BCUT2D eigenvalue weighted by molar-refractivity contribution is 8.18. The van der Waals surface area contributed by atoms with Gasteiger partial charge in [-0.25, -0.2) is 0 Å². The number of benzene rings is 1. The lowest BCUT2D eigenvalue weighted by Gasteiger charge is -2.11. The summed E-state index contributed by atoms with van der Waals surface area (Å²) in [4.78, 5) is 36.9. The number of aromatic hydroxyl groups is 1. The Balaban J connectivity index is 2.08. The van der Waals surface area contributed by atoms with Crippen molar-refractivity contribution in [2.45, 2.75) is 13.3 Å². The third-order valence-electron chi connectivity index (χ3n) is 2.94. The summed E-state index contributed by atoms with van der Waals surface area (Å²) in [5.41, 5.74) is 0.693. The maximum Gasteiger partial charge on any atom is 0.294 e. The summed E-state index contributed by atoms with van der Waals surface area (Å²) in [5.74, 6) is -0.706. The van der Waals surface area contributed by atoms with Crippen molar-refractivity contribution in [2.24, 2.45) is 0 Å². The standard InChI is InChI=1S/C15H16N2O4S/c1-2-7-16-13(19)9-17-14(20)12(22-15(17)21)8-10-3-5-11(18)6-4-10/h3-6,8,18H,2,7,9H2,1H3,(H,16,19)/b12-8-. The van der Waals surface area contributed by atoms with Gasteiger partial charge in [-0.3, -0.25) is 19.3 Å². The molecule has 3 amide bonds. The molecule has 0 aliphatic carbocycles. The van der Waals surface area contributed by atoms with Gasteiger partial charge in [0.2, 0.25) is 5.91 Å². The van der Waals surface area contributed by atoms with Crippen LogP contribution in [0.4, 0.5) is 4.79 Å². The molecule has 7 heteroatoms. The van der Waals surface area contributed by atoms with Crippen molar-refractivity contribution >= 4 is 34.9 Å². The molecule has 0 atom stereocenters. The van der Waals surface area contributed by atoms with Crippen LogP contribution >= 0.6 is 11.8 Å². The SMILES string of the molecule is CCCNC(=O)CN1C(=O)S/C(=C\c2ccc(O)cc2)C1=O. The van der Waals surface area contributed by atoms with Gasteiger partial charge in [0.1, 0.15) is 12.3 Å². The normalized spacial score (nSPS) is 16.4. The van der Waals surface area contributed by atoms with Crippen molar-refractivity contribution in [3.05, 3.63) is 34.7 Å². The van der Waals surface area contributed by atoms with Gasteiger partial charge >= 0.3 is 0 Å². The maximum atomic E-state index is 12.2. The van der Waals surface area contributed by atoms with Crippen LogP contribution in [0.1, 0.15) is 18.9 Å². The molecule has 0 bridgehead atoms. The number of hydrogen-bond acceptors (Lipinski definition) is 5. The highest BCUT2D eigenvalue weighted by Gasteiger charge is 2.36. The van der Waals surface area contributed by atoms with E-state index in [0.717, 1.165) is 23.1 Å². The van der Waals surface area contributed by atoms with Crippen molar-refractivity contribution in [1.82, 2.24) is 10.2 Å². The van der Waals surface area contributed by atoms with Gasteiger partial charge in [-0.15, -0.1) is 0 Å². The average molecular weight is 320 g/mol. The molecule has 0 aromatic heterocycles. The third-order valence-corrected chi connectivity index (χ3v) is 3.85. The first-order chi connectivity index (χ1) is 10.5. The topological polar surface area (TPSA) is 86.7 Å². The number of thioether (sulfide) groups is 1. The molecule has 0 saturated carbocycles. The monoisotopic (exact) mass is 320 g/mol. The molecule has 2 rings (SSSR count). The largest absolute Gasteiger partial charge is 0.508 e. The van der Waals surface area contributed by atoms with Gasteiger partial charge in [0.25, 0.3) is 11.1 Å². The Morgan fingerprint density at radius 3 is 2.64 bits per heavy atom. The van der Waals surface area contributed by atoms with Crippen LogP contribution < -0.4 is 5.32 Å². The summed E-state index contributed by atoms with van der Waals surface area (Å²) in [7, 11) is 0. The first-order valence-corrected chi connectivity index (χ1v) is 7.64. The molecule has 2 N–H and O–H groups in total. The Labute approximate surface area is 132 Å². The molecular formula is C15H16N2O4S. The molecule has 0 radical (unpaired) electrons. The number of amides is 3. The maximum absolute atomic E-state index is 12.2. The van der Waals surface area contributed by atoms with Crippen molar-refractivity contribution < 1.29 is 19.5 Å². The molecule has 6 nitrogen and oxygen atoms in total. The van der Waals surface area contributed by atoms with Crippen LogP contribution in [0, 0.1) is 0 Å². The number of phenols is 1. The minimum atomic E-state index is -0.477. The summed E-state index contributed by atoms with van der Waals surface area (Å²) < 4.78 is 0. The van der Waals surface area contributed by atoms with Crippen LogP contribution in [0.25, 0.3) is 6.08 Å². The van der Waals surface area contributed by atoms with E-state index in [4.69, 9.17) is 0 Å². The van der Waals surface area contributed by atoms with Gasteiger partial charge in [-0.2, -0.15) is 0 Å². The van der Waals surface area contributed by atoms with Gasteiger partial charge in [0.15, 0.2) is 0 Å². The molecular weight excluding hydrogens is 304 g/mol. The average Bonchev–Trinajstić information content (AvgIpc) is 2.75. The van der Waals surface area contributed by atoms with E-state index < -0.39 is 11.1 Å². The van der Waals surface area contributed by atoms with E-state index >= 15 is 0 Å². The lowest BCUT2D eigenvalue weighted by Crippen LogP contribution is -2.39. The molecule has 0 unspecified atom stereocenters. The molecule has 1 fully saturated rings. The van der Waals surface area contributed by atoms with Crippen molar-refractivity contribution in [2.75, 3.05) is 13.1 Å². The molecule has 1 aliphatic rings. The van der Waals surface area contributed by atoms with Crippen LogP contribution in [0.5, 0.6) is 5.75 Å². The molecule has 1 aromatic carbocycles. The Kier molecular flexibility index (Phi) is 5.21. The van der Waals surface area contributed by atoms with E-state index in [1.807, 2.05) is 6.92 Å². The minimum Gasteiger partial charge on any atom is -0.508 e. The number of carbonyl (C=O) groups excluding carboxylic acids is 3. The Bertz CT molecular complexity index is 625. The van der Waals surface area contributed by atoms with Gasteiger partial charge in [0.05, 0.1) is 4.91 Å². The van der Waals surface area contributed by atoms with Gasteiger partial charge in [-0.1, -0.05) is 19.1 Å². The predicted molar refractivity (Wildman–Crippen MR) is 84.1 cm³/mol. The summed E-state index contributed by atoms with van der Waals surface area (Å²) in [5, 5.41) is 11.4. The fraction of sp³-hybridized carbons (Fsp3) is 0.267. The summed E-state index contributed by atoms with van der Waals surface area (Å²) in [6, 6.07) is 6.26. The van der Waals surface area contributed by atoms with Gasteiger partial charge in [0, 0.05) is 6.54 Å². The zero-order valence-electron chi connectivity index (χ0n) is 12.0. The van der Waals surface area contributed by atoms with Crippen LogP contribution in [0.3, 0.4) is 0 Å². The fourth-order valence-electron chi connectivity index (χ4n) is 1.82. The highest BCUT2D eigenvalue weighted by atomic mass is 32.2. The van der Waals surface area contributed by atoms with Gasteiger partial charge in [-0.05, 0) is 42.0 Å². The van der Waals surface area contributed by atoms with Crippen molar-refractivity contribution in [3.8, 4) is 5.75 Å². The number of nitrogens with one attached hydrogen (secondary N) is 1. The zero-order valence-corrected chi connectivity index (χ0v) is 12.9. The molecule has 1 aliphatic heterocycles. The second kappa shape index (κ2) is 7.13. The summed E-state index contributed by atoms with van der Waals surface area (Å²) >= 11 is 0.803. The Hall–Kier alpha value is -2.28. The van der Waals surface area contributed by atoms with E-state index in [0.29, 0.717) is 12.1 Å². The van der Waals surface area contributed by atoms with E-state index in [2.05, 4.69) is 5.32 Å². The molecule has 0 spiro atoms. The van der Waals surface area contributed by atoms with Crippen LogP contribution in [0.2, 0.25) is 0 Å². The number of hydrogen-bond donors (Lipinski definition) is 2. The molecule has 116 valence electrons. The van der Waals surface area contributed by atoms with Crippen LogP contribution in [-0.4, -0.2) is 40.1 Å². The number of imide groups is 1. The second-order valence-electron chi connectivity index (χ2n) is 4.71. The number of nitrogens with zero attached hydrogens (tertiary/aromatic N) is 1. The zero-order chi connectivity index (χ0) is 16.1. The summed E-state index contributed by atoms with van der Waals surface area (Å²) in [6.07, 6.45) is 2.35. The lowest BCUT2D eigenvalue weighted by molar-refractivity contribution is -0.129. The van der Waals surface area contributed by atoms with Crippen LogP contribution in [0.15, 0.2) is 29.2 Å². The Morgan fingerprint density at radius 2 is 2.00 bits per heavy atom. The lowest BCUT2D eigenvalue weighted by atomic mass is 10.2. The van der Waals surface area contributed by atoms with Crippen molar-refractivity contribution in [3.63, 3.8) is 0 Å². The second-order valence-corrected chi connectivity index (χ2v) is 5.70. The first-order valence-electron chi connectivity index (χ1n) is 6.82. The number of phenolic OH excluding ortho intramolecular Hbond substituents is 1. The molecule has 1 aromatic rings. The number of carbonyl (C=O) groups is 3. The van der Waals surface area contributed by atoms with E-state index in [-0.39, 0.29) is 23.1 Å². The smallest absolute Gasteiger partial charge is 0.294 e. The first kappa shape index (κ1) is 16.1. The Morgan fingerprint density at radius 1 is 1.32 bits per heavy atom. The van der Waals surface area contributed by atoms with E-state index in [9.17, 15) is 19.5 Å². The number of rotatable bonds is 5. The molecule has 22 heavy (non-hydrogen) atoms. The predicted octanol–water partition coefficient (Wildman–Crippen LogP) is 1.95. The molecule has 1 saturated heterocycles. The third kappa shape index (κ3) is 3.88. The van der Waals surface area contributed by atoms with Gasteiger partial charge < -0.3 is 10.4 Å². The molecule has 1 heterocycles. The van der Waals surface area contributed by atoms with E-state index in [1.54, 1.807) is 18.2 Å². The minimum absolute atomic E-state index is 0.123.